The van der Waals surface area contributed by atoms with Gasteiger partial charge in [0.15, 0.2) is 0 Å². The van der Waals surface area contributed by atoms with Crippen LogP contribution in [-0.4, -0.2) is 17.7 Å². The third-order valence-electron chi connectivity index (χ3n) is 2.91. The van der Waals surface area contributed by atoms with E-state index in [0.29, 0.717) is 17.7 Å². The van der Waals surface area contributed by atoms with Gasteiger partial charge in [-0.3, -0.25) is 0 Å². The smallest absolute Gasteiger partial charge is 0.0615 e. The minimum Gasteiger partial charge on any atom is -0.138 e. The number of fused-ring (bicyclic) bond motifs is 2. The molecule has 2 heterocycles. The largest absolute Gasteiger partial charge is 0.138 e. The summed E-state index contributed by atoms with van der Waals surface area (Å²) >= 11 is 6.60. The van der Waals surface area contributed by atoms with Gasteiger partial charge in [0.05, 0.1) is 8.16 Å². The highest BCUT2D eigenvalue weighted by Gasteiger charge is 2.55. The van der Waals surface area contributed by atoms with E-state index in [4.69, 9.17) is 0 Å². The number of hydrogen-bond donors (Lipinski definition) is 0. The summed E-state index contributed by atoms with van der Waals surface area (Å²) in [5, 5.41) is 0. The molecule has 0 radical (unpaired) electrons. The molecule has 0 nitrogen and oxygen atoms in total. The van der Waals surface area contributed by atoms with Crippen LogP contribution in [0.15, 0.2) is 0 Å². The molecule has 0 aromatic rings. The predicted octanol–water partition coefficient (Wildman–Crippen LogP) is 4.98. The molecule has 0 aliphatic carbocycles. The molecular formula is C12H22S3. The molecule has 0 spiro atoms. The number of hydrogen-bond acceptors (Lipinski definition) is 3. The summed E-state index contributed by atoms with van der Waals surface area (Å²) < 4.78 is 1.73. The van der Waals surface area contributed by atoms with Gasteiger partial charge in [0.1, 0.15) is 0 Å². The molecule has 2 aliphatic heterocycles. The lowest BCUT2D eigenvalue weighted by Crippen LogP contribution is -2.49. The molecule has 0 saturated carbocycles. The predicted molar refractivity (Wildman–Crippen MR) is 77.0 cm³/mol. The molecular weight excluding hydrogens is 240 g/mol. The van der Waals surface area contributed by atoms with Crippen LogP contribution in [0, 0.1) is 0 Å². The van der Waals surface area contributed by atoms with Crippen molar-refractivity contribution in [1.82, 2.24) is 0 Å². The lowest BCUT2D eigenvalue weighted by molar-refractivity contribution is 0.528. The molecule has 0 N–H and O–H groups in total. The second kappa shape index (κ2) is 3.29. The first-order valence-electron chi connectivity index (χ1n) is 5.64. The molecule has 2 atom stereocenters. The lowest BCUT2D eigenvalue weighted by Gasteiger charge is -2.58. The fraction of sp³-hybridized carbons (Fsp3) is 1.00. The van der Waals surface area contributed by atoms with Gasteiger partial charge in [-0.1, -0.05) is 27.7 Å². The van der Waals surface area contributed by atoms with Crippen LogP contribution in [0.1, 0.15) is 54.4 Å². The maximum atomic E-state index is 2.45. The van der Waals surface area contributed by atoms with Crippen LogP contribution in [0.4, 0.5) is 0 Å². The van der Waals surface area contributed by atoms with Crippen molar-refractivity contribution in [2.45, 2.75) is 72.0 Å². The normalized spacial score (nSPS) is 47.6. The first-order valence-corrected chi connectivity index (χ1v) is 8.09. The van der Waals surface area contributed by atoms with Crippen molar-refractivity contribution in [3.8, 4) is 0 Å². The second-order valence-electron chi connectivity index (χ2n) is 6.45. The van der Waals surface area contributed by atoms with Crippen LogP contribution in [0.3, 0.4) is 0 Å². The highest BCUT2D eigenvalue weighted by molar-refractivity contribution is 8.27. The molecule has 2 bridgehead atoms. The Hall–Kier alpha value is 1.05. The van der Waals surface area contributed by atoms with E-state index in [-0.39, 0.29) is 0 Å². The molecule has 0 aromatic heterocycles. The molecule has 2 fully saturated rings. The third-order valence-corrected chi connectivity index (χ3v) is 7.61. The van der Waals surface area contributed by atoms with E-state index in [1.807, 2.05) is 0 Å². The van der Waals surface area contributed by atoms with Gasteiger partial charge in [0, 0.05) is 9.49 Å². The maximum Gasteiger partial charge on any atom is 0.0615 e. The number of thioether (sulfide) groups is 3. The van der Waals surface area contributed by atoms with Crippen molar-refractivity contribution in [2.75, 3.05) is 0 Å². The van der Waals surface area contributed by atoms with E-state index in [1.54, 1.807) is 0 Å². The Labute approximate surface area is 107 Å². The molecule has 2 rings (SSSR count). The first-order chi connectivity index (χ1) is 6.54. The Morgan fingerprint density at radius 3 is 1.27 bits per heavy atom. The Morgan fingerprint density at radius 2 is 0.933 bits per heavy atom. The molecule has 3 heteroatoms. The highest BCUT2D eigenvalue weighted by atomic mass is 32.2. The zero-order valence-electron chi connectivity index (χ0n) is 10.6. The van der Waals surface area contributed by atoms with Gasteiger partial charge in [-0.25, -0.2) is 0 Å². The van der Waals surface area contributed by atoms with Gasteiger partial charge in [-0.15, -0.1) is 35.3 Å². The minimum absolute atomic E-state index is 0.422. The molecule has 0 unspecified atom stereocenters. The highest BCUT2D eigenvalue weighted by Crippen LogP contribution is 2.70. The Balaban J connectivity index is 2.33. The summed E-state index contributed by atoms with van der Waals surface area (Å²) in [7, 11) is 0. The SMILES string of the molecule is CC1(C)C[C@]2(C)SC(C)(C)C[C@](C)(S1)S2. The second-order valence-corrected chi connectivity index (χ2v) is 13.4. The average Bonchev–Trinajstić information content (AvgIpc) is 1.67. The molecule has 0 aromatic carbocycles. The van der Waals surface area contributed by atoms with Crippen molar-refractivity contribution < 1.29 is 0 Å². The monoisotopic (exact) mass is 262 g/mol. The number of rotatable bonds is 0. The standard InChI is InChI=1S/C12H22S3/c1-9(2)7-11(5)14-10(3,4)8-12(6,13-9)15-11/h7-8H2,1-6H3/t11-,12-/m1/s1. The van der Waals surface area contributed by atoms with Gasteiger partial charge in [-0.05, 0) is 26.7 Å². The van der Waals surface area contributed by atoms with Crippen LogP contribution < -0.4 is 0 Å². The lowest BCUT2D eigenvalue weighted by atomic mass is 10.1. The van der Waals surface area contributed by atoms with Gasteiger partial charge in [0.25, 0.3) is 0 Å². The Morgan fingerprint density at radius 1 is 0.600 bits per heavy atom. The van der Waals surface area contributed by atoms with E-state index in [0.717, 1.165) is 0 Å². The van der Waals surface area contributed by atoms with Gasteiger partial charge in [-0.2, -0.15) is 0 Å². The summed E-state index contributed by atoms with van der Waals surface area (Å²) in [5.74, 6) is 0. The van der Waals surface area contributed by atoms with Crippen LogP contribution in [0.5, 0.6) is 0 Å². The topological polar surface area (TPSA) is 0 Å². The zero-order chi connectivity index (χ0) is 11.5. The Kier molecular flexibility index (Phi) is 2.74. The van der Waals surface area contributed by atoms with Crippen molar-refractivity contribution >= 4 is 35.3 Å². The van der Waals surface area contributed by atoms with Crippen molar-refractivity contribution in [1.29, 1.82) is 0 Å². The van der Waals surface area contributed by atoms with Gasteiger partial charge < -0.3 is 0 Å². The van der Waals surface area contributed by atoms with E-state index in [2.05, 4.69) is 76.8 Å². The summed E-state index contributed by atoms with van der Waals surface area (Å²) in [4.78, 5) is 0. The van der Waals surface area contributed by atoms with E-state index >= 15 is 0 Å². The van der Waals surface area contributed by atoms with Gasteiger partial charge >= 0.3 is 0 Å². The summed E-state index contributed by atoms with van der Waals surface area (Å²) in [5.41, 5.74) is 0. The van der Waals surface area contributed by atoms with Crippen LogP contribution in [0.25, 0.3) is 0 Å². The van der Waals surface area contributed by atoms with Crippen molar-refractivity contribution in [3.05, 3.63) is 0 Å². The zero-order valence-corrected chi connectivity index (χ0v) is 13.1. The van der Waals surface area contributed by atoms with Gasteiger partial charge in [0.2, 0.25) is 0 Å². The summed E-state index contributed by atoms with van der Waals surface area (Å²) in [6.07, 6.45) is 2.64. The first kappa shape index (κ1) is 12.5. The Bertz CT molecular complexity index is 226. The van der Waals surface area contributed by atoms with Crippen molar-refractivity contribution in [3.63, 3.8) is 0 Å². The van der Waals surface area contributed by atoms with E-state index in [9.17, 15) is 0 Å². The van der Waals surface area contributed by atoms with Crippen LogP contribution in [0.2, 0.25) is 0 Å². The maximum absolute atomic E-state index is 2.45. The van der Waals surface area contributed by atoms with Crippen molar-refractivity contribution in [2.24, 2.45) is 0 Å². The minimum atomic E-state index is 0.422. The van der Waals surface area contributed by atoms with Crippen LogP contribution in [-0.2, 0) is 0 Å². The van der Waals surface area contributed by atoms with E-state index < -0.39 is 0 Å². The molecule has 88 valence electrons. The summed E-state index contributed by atoms with van der Waals surface area (Å²) in [6.45, 7) is 14.5. The van der Waals surface area contributed by atoms with E-state index in [1.165, 1.54) is 12.8 Å². The van der Waals surface area contributed by atoms with Crippen LogP contribution >= 0.6 is 35.3 Å². The summed E-state index contributed by atoms with van der Waals surface area (Å²) in [6, 6.07) is 0. The quantitative estimate of drug-likeness (QED) is 0.604. The third kappa shape index (κ3) is 2.66. The fourth-order valence-corrected chi connectivity index (χ4v) is 12.4. The molecule has 15 heavy (non-hydrogen) atoms. The molecule has 0 amide bonds. The molecule has 2 aliphatic rings. The fourth-order valence-electron chi connectivity index (χ4n) is 3.43. The average molecular weight is 263 g/mol. The molecule has 2 saturated heterocycles.